The van der Waals surface area contributed by atoms with Crippen molar-refractivity contribution in [3.05, 3.63) is 28.6 Å². The maximum atomic E-state index is 5.69. The van der Waals surface area contributed by atoms with Crippen LogP contribution in [-0.4, -0.2) is 21.1 Å². The third-order valence-electron chi connectivity index (χ3n) is 2.42. The Kier molecular flexibility index (Phi) is 2.52. The highest BCUT2D eigenvalue weighted by atomic mass is 79.9. The fraction of sp³-hybridized carbons (Fsp3) is 0.400. The zero-order valence-corrected chi connectivity index (χ0v) is 10.3. The Hall–Kier alpha value is -0.940. The Morgan fingerprint density at radius 2 is 2.27 bits per heavy atom. The number of nitrogens with zero attached hydrogens (tertiary/aromatic N) is 3. The quantitative estimate of drug-likeness (QED) is 0.903. The third kappa shape index (κ3) is 1.89. The van der Waals surface area contributed by atoms with Crippen LogP contribution >= 0.6 is 15.9 Å². The molecule has 4 nitrogen and oxygen atoms in total. The van der Waals surface area contributed by atoms with Crippen LogP contribution in [0.3, 0.4) is 0 Å². The van der Waals surface area contributed by atoms with E-state index in [4.69, 9.17) is 5.73 Å². The number of pyridine rings is 1. The predicted octanol–water partition coefficient (Wildman–Crippen LogP) is 1.73. The van der Waals surface area contributed by atoms with E-state index in [-0.39, 0.29) is 5.41 Å². The Morgan fingerprint density at radius 1 is 1.53 bits per heavy atom. The molecule has 2 heterocycles. The lowest BCUT2D eigenvalue weighted by Crippen LogP contribution is -2.29. The lowest BCUT2D eigenvalue weighted by Gasteiger charge is -2.16. The van der Waals surface area contributed by atoms with Gasteiger partial charge >= 0.3 is 0 Å². The molecule has 0 saturated carbocycles. The molecule has 0 bridgehead atoms. The number of rotatable bonds is 2. The highest BCUT2D eigenvalue weighted by Gasteiger charge is 2.23. The first-order valence-electron chi connectivity index (χ1n) is 4.75. The molecule has 0 amide bonds. The zero-order valence-electron chi connectivity index (χ0n) is 8.74. The molecule has 0 saturated heterocycles. The van der Waals surface area contributed by atoms with Crippen molar-refractivity contribution in [2.75, 3.05) is 6.54 Å². The Bertz CT molecular complexity index is 489. The molecule has 0 unspecified atom stereocenters. The fourth-order valence-electron chi connectivity index (χ4n) is 1.23. The highest BCUT2D eigenvalue weighted by Crippen LogP contribution is 2.19. The van der Waals surface area contributed by atoms with E-state index < -0.39 is 0 Å². The molecule has 2 aromatic rings. The largest absolute Gasteiger partial charge is 0.329 e. The average Bonchev–Trinajstić information content (AvgIpc) is 2.61. The molecule has 0 aromatic carbocycles. The molecule has 0 atom stereocenters. The lowest BCUT2D eigenvalue weighted by atomic mass is 9.93. The summed E-state index contributed by atoms with van der Waals surface area (Å²) in [5.74, 6) is 0.781. The van der Waals surface area contributed by atoms with Crippen LogP contribution < -0.4 is 5.73 Å². The van der Waals surface area contributed by atoms with Gasteiger partial charge in [-0.15, -0.1) is 0 Å². The van der Waals surface area contributed by atoms with E-state index in [2.05, 4.69) is 26.0 Å². The van der Waals surface area contributed by atoms with Crippen molar-refractivity contribution in [3.8, 4) is 0 Å². The lowest BCUT2D eigenvalue weighted by molar-refractivity contribution is 0.502. The Labute approximate surface area is 96.6 Å². The molecule has 80 valence electrons. The van der Waals surface area contributed by atoms with Crippen molar-refractivity contribution in [1.29, 1.82) is 0 Å². The van der Waals surface area contributed by atoms with Gasteiger partial charge < -0.3 is 5.73 Å². The summed E-state index contributed by atoms with van der Waals surface area (Å²) in [5.41, 5.74) is 6.34. The fourth-order valence-corrected chi connectivity index (χ4v) is 1.56. The standard InChI is InChI=1S/C10H13BrN4/c1-10(2,6-12)9-13-8-5-7(11)3-4-15(8)14-9/h3-5H,6,12H2,1-2H3. The van der Waals surface area contributed by atoms with E-state index in [1.165, 1.54) is 0 Å². The number of aromatic nitrogens is 3. The Balaban J connectivity index is 2.56. The maximum Gasteiger partial charge on any atom is 0.158 e. The van der Waals surface area contributed by atoms with E-state index in [9.17, 15) is 0 Å². The zero-order chi connectivity index (χ0) is 11.1. The van der Waals surface area contributed by atoms with Crippen molar-refractivity contribution in [1.82, 2.24) is 14.6 Å². The van der Waals surface area contributed by atoms with Crippen molar-refractivity contribution in [3.63, 3.8) is 0 Å². The van der Waals surface area contributed by atoms with Gasteiger partial charge in [0.05, 0.1) is 0 Å². The number of halogens is 1. The van der Waals surface area contributed by atoms with Crippen LogP contribution in [0, 0.1) is 0 Å². The monoisotopic (exact) mass is 268 g/mol. The van der Waals surface area contributed by atoms with E-state index in [1.807, 2.05) is 32.2 Å². The molecule has 0 fully saturated rings. The SMILES string of the molecule is CC(C)(CN)c1nc2cc(Br)ccn2n1. The van der Waals surface area contributed by atoms with Gasteiger partial charge in [0.1, 0.15) is 0 Å². The van der Waals surface area contributed by atoms with Gasteiger partial charge in [-0.3, -0.25) is 0 Å². The van der Waals surface area contributed by atoms with Crippen molar-refractivity contribution < 1.29 is 0 Å². The van der Waals surface area contributed by atoms with E-state index >= 15 is 0 Å². The highest BCUT2D eigenvalue weighted by molar-refractivity contribution is 9.10. The topological polar surface area (TPSA) is 56.2 Å². The molecule has 0 spiro atoms. The van der Waals surface area contributed by atoms with Crippen LogP contribution in [0.15, 0.2) is 22.8 Å². The minimum absolute atomic E-state index is 0.182. The summed E-state index contributed by atoms with van der Waals surface area (Å²) in [6.45, 7) is 4.61. The number of nitrogens with two attached hydrogens (primary N) is 1. The normalized spacial score (nSPS) is 12.3. The molecule has 5 heteroatoms. The van der Waals surface area contributed by atoms with Gasteiger partial charge in [-0.25, -0.2) is 9.50 Å². The second-order valence-electron chi connectivity index (χ2n) is 4.17. The molecular formula is C10H13BrN4. The first-order chi connectivity index (χ1) is 7.03. The van der Waals surface area contributed by atoms with E-state index in [1.54, 1.807) is 4.52 Å². The predicted molar refractivity (Wildman–Crippen MR) is 62.8 cm³/mol. The maximum absolute atomic E-state index is 5.69. The minimum atomic E-state index is -0.182. The van der Waals surface area contributed by atoms with Gasteiger partial charge in [-0.05, 0) is 12.1 Å². The molecule has 2 rings (SSSR count). The molecule has 15 heavy (non-hydrogen) atoms. The Morgan fingerprint density at radius 3 is 2.93 bits per heavy atom. The molecule has 0 aliphatic carbocycles. The molecule has 0 radical (unpaired) electrons. The van der Waals surface area contributed by atoms with Gasteiger partial charge in [0.2, 0.25) is 0 Å². The van der Waals surface area contributed by atoms with Crippen molar-refractivity contribution in [2.45, 2.75) is 19.3 Å². The van der Waals surface area contributed by atoms with Crippen LogP contribution in [0.4, 0.5) is 0 Å². The second-order valence-corrected chi connectivity index (χ2v) is 5.09. The van der Waals surface area contributed by atoms with Gasteiger partial charge in [-0.2, -0.15) is 5.10 Å². The van der Waals surface area contributed by atoms with Crippen LogP contribution in [0.1, 0.15) is 19.7 Å². The smallest absolute Gasteiger partial charge is 0.158 e. The summed E-state index contributed by atoms with van der Waals surface area (Å²) in [7, 11) is 0. The third-order valence-corrected chi connectivity index (χ3v) is 2.91. The molecule has 2 aromatic heterocycles. The number of hydrogen-bond acceptors (Lipinski definition) is 3. The van der Waals surface area contributed by atoms with Gasteiger partial charge in [0.15, 0.2) is 11.5 Å². The van der Waals surface area contributed by atoms with Gasteiger partial charge in [0, 0.05) is 22.6 Å². The number of hydrogen-bond donors (Lipinski definition) is 1. The summed E-state index contributed by atoms with van der Waals surface area (Å²) in [6.07, 6.45) is 1.88. The molecular weight excluding hydrogens is 256 g/mol. The summed E-state index contributed by atoms with van der Waals surface area (Å²) < 4.78 is 2.76. The summed E-state index contributed by atoms with van der Waals surface area (Å²) in [6, 6.07) is 3.87. The molecule has 0 aliphatic heterocycles. The average molecular weight is 269 g/mol. The van der Waals surface area contributed by atoms with E-state index in [0.29, 0.717) is 6.54 Å². The van der Waals surface area contributed by atoms with Crippen molar-refractivity contribution in [2.24, 2.45) is 5.73 Å². The van der Waals surface area contributed by atoms with Crippen LogP contribution in [0.2, 0.25) is 0 Å². The van der Waals surface area contributed by atoms with Gasteiger partial charge in [0.25, 0.3) is 0 Å². The summed E-state index contributed by atoms with van der Waals surface area (Å²) in [4.78, 5) is 4.46. The number of fused-ring (bicyclic) bond motifs is 1. The van der Waals surface area contributed by atoms with Crippen LogP contribution in [0.25, 0.3) is 5.65 Å². The van der Waals surface area contributed by atoms with Crippen LogP contribution in [0.5, 0.6) is 0 Å². The first kappa shape index (κ1) is 10.6. The molecule has 2 N–H and O–H groups in total. The molecule has 0 aliphatic rings. The van der Waals surface area contributed by atoms with Crippen LogP contribution in [-0.2, 0) is 5.41 Å². The summed E-state index contributed by atoms with van der Waals surface area (Å²) in [5, 5.41) is 4.40. The second kappa shape index (κ2) is 3.57. The van der Waals surface area contributed by atoms with Gasteiger partial charge in [-0.1, -0.05) is 29.8 Å². The van der Waals surface area contributed by atoms with E-state index in [0.717, 1.165) is 15.9 Å². The summed E-state index contributed by atoms with van der Waals surface area (Å²) >= 11 is 3.40. The first-order valence-corrected chi connectivity index (χ1v) is 5.55. The van der Waals surface area contributed by atoms with Crippen molar-refractivity contribution >= 4 is 21.6 Å². The minimum Gasteiger partial charge on any atom is -0.329 e.